The number of H-pyrrole nitrogens is 1. The van der Waals surface area contributed by atoms with E-state index in [-0.39, 0.29) is 18.8 Å². The average molecular weight is 552 g/mol. The summed E-state index contributed by atoms with van der Waals surface area (Å²) in [6.07, 6.45) is 2.44. The number of aliphatic carboxylic acids is 1. The number of nitrogens with one attached hydrogen (secondary N) is 4. The second-order valence-corrected chi connectivity index (χ2v) is 9.87. The first-order chi connectivity index (χ1) is 19.1. The van der Waals surface area contributed by atoms with Gasteiger partial charge in [-0.3, -0.25) is 14.4 Å². The van der Waals surface area contributed by atoms with Gasteiger partial charge in [-0.25, -0.2) is 4.79 Å². The molecule has 11 nitrogen and oxygen atoms in total. The third-order valence-corrected chi connectivity index (χ3v) is 7.00. The number of rotatable bonds is 14. The van der Waals surface area contributed by atoms with Gasteiger partial charge in [0.2, 0.25) is 17.7 Å². The largest absolute Gasteiger partial charge is 0.480 e. The summed E-state index contributed by atoms with van der Waals surface area (Å²) in [7, 11) is 0. The fourth-order valence-electron chi connectivity index (χ4n) is 4.30. The van der Waals surface area contributed by atoms with Crippen molar-refractivity contribution in [2.45, 2.75) is 57.3 Å². The molecule has 3 aromatic rings. The predicted octanol–water partition coefficient (Wildman–Crippen LogP) is 0.858. The fourth-order valence-corrected chi connectivity index (χ4v) is 4.30. The lowest BCUT2D eigenvalue weighted by molar-refractivity contribution is -0.142. The Hall–Kier alpha value is -4.22. The van der Waals surface area contributed by atoms with E-state index in [4.69, 9.17) is 5.73 Å². The number of aromatic amines is 1. The number of carbonyl (C=O) groups excluding carboxylic acids is 3. The number of fused-ring (bicyclic) bond motifs is 1. The maximum Gasteiger partial charge on any atom is 0.326 e. The quantitative estimate of drug-likeness (QED) is 0.155. The third-order valence-electron chi connectivity index (χ3n) is 7.00. The van der Waals surface area contributed by atoms with Gasteiger partial charge in [-0.1, -0.05) is 68.8 Å². The number of amides is 3. The van der Waals surface area contributed by atoms with Crippen LogP contribution < -0.4 is 21.7 Å². The molecule has 0 fully saturated rings. The van der Waals surface area contributed by atoms with E-state index in [0.717, 1.165) is 16.5 Å². The highest BCUT2D eigenvalue weighted by Gasteiger charge is 2.31. The summed E-state index contributed by atoms with van der Waals surface area (Å²) < 4.78 is 0. The van der Waals surface area contributed by atoms with Crippen LogP contribution in [0.4, 0.5) is 0 Å². The number of carbonyl (C=O) groups is 4. The van der Waals surface area contributed by atoms with Crippen molar-refractivity contribution < 1.29 is 29.4 Å². The second kappa shape index (κ2) is 14.2. The summed E-state index contributed by atoms with van der Waals surface area (Å²) in [6.45, 7) is 2.95. The van der Waals surface area contributed by atoms with Crippen molar-refractivity contribution in [1.29, 1.82) is 0 Å². The minimum atomic E-state index is -1.45. The topological polar surface area (TPSA) is 187 Å². The maximum absolute atomic E-state index is 13.3. The van der Waals surface area contributed by atoms with E-state index in [1.807, 2.05) is 44.2 Å². The number of aliphatic hydroxyl groups excluding tert-OH is 1. The molecule has 3 rings (SSSR count). The third kappa shape index (κ3) is 7.90. The highest BCUT2D eigenvalue weighted by atomic mass is 16.4. The molecule has 214 valence electrons. The van der Waals surface area contributed by atoms with E-state index in [0.29, 0.717) is 12.0 Å². The van der Waals surface area contributed by atoms with Crippen LogP contribution in [-0.2, 0) is 32.0 Å². The zero-order chi connectivity index (χ0) is 29.2. The first-order valence-electron chi connectivity index (χ1n) is 13.2. The average Bonchev–Trinajstić information content (AvgIpc) is 3.37. The molecule has 0 radical (unpaired) electrons. The van der Waals surface area contributed by atoms with Gasteiger partial charge in [0.25, 0.3) is 0 Å². The van der Waals surface area contributed by atoms with Crippen molar-refractivity contribution in [3.63, 3.8) is 0 Å². The SMILES string of the molecule is CCC(C)C(N)C(=O)NC(Cc1ccccc1)C(=O)NC(CO)C(=O)NC(Cc1c[nH]c2ccccc12)C(=O)O. The van der Waals surface area contributed by atoms with Crippen LogP contribution in [0.1, 0.15) is 31.4 Å². The number of carboxylic acid groups (broad SMARTS) is 1. The summed E-state index contributed by atoms with van der Waals surface area (Å²) in [4.78, 5) is 54.1. The monoisotopic (exact) mass is 551 g/mol. The van der Waals surface area contributed by atoms with Crippen LogP contribution in [0, 0.1) is 5.92 Å². The number of para-hydroxylation sites is 1. The van der Waals surface area contributed by atoms with Crippen LogP contribution in [0.15, 0.2) is 60.8 Å². The van der Waals surface area contributed by atoms with Crippen molar-refractivity contribution in [2.24, 2.45) is 11.7 Å². The van der Waals surface area contributed by atoms with Crippen molar-refractivity contribution in [2.75, 3.05) is 6.61 Å². The first-order valence-corrected chi connectivity index (χ1v) is 13.2. The van der Waals surface area contributed by atoms with Crippen LogP contribution >= 0.6 is 0 Å². The van der Waals surface area contributed by atoms with E-state index < -0.39 is 54.5 Å². The molecule has 11 heteroatoms. The molecule has 0 spiro atoms. The predicted molar refractivity (Wildman–Crippen MR) is 150 cm³/mol. The highest BCUT2D eigenvalue weighted by Crippen LogP contribution is 2.19. The van der Waals surface area contributed by atoms with Gasteiger partial charge < -0.3 is 36.9 Å². The molecule has 0 aliphatic heterocycles. The summed E-state index contributed by atoms with van der Waals surface area (Å²) in [5, 5.41) is 28.0. The second-order valence-electron chi connectivity index (χ2n) is 9.87. The molecular formula is C29H37N5O6. The van der Waals surface area contributed by atoms with Crippen LogP contribution in [0.25, 0.3) is 10.9 Å². The van der Waals surface area contributed by atoms with Gasteiger partial charge in [-0.2, -0.15) is 0 Å². The molecule has 0 aliphatic carbocycles. The fraction of sp³-hybridized carbons (Fsp3) is 0.379. The Morgan fingerprint density at radius 3 is 2.10 bits per heavy atom. The van der Waals surface area contributed by atoms with Crippen LogP contribution in [0.2, 0.25) is 0 Å². The van der Waals surface area contributed by atoms with Gasteiger partial charge in [-0.15, -0.1) is 0 Å². The number of benzene rings is 2. The molecule has 2 aromatic carbocycles. The zero-order valence-electron chi connectivity index (χ0n) is 22.6. The van der Waals surface area contributed by atoms with Gasteiger partial charge in [0, 0.05) is 29.9 Å². The zero-order valence-corrected chi connectivity index (χ0v) is 22.6. The van der Waals surface area contributed by atoms with E-state index in [9.17, 15) is 29.4 Å². The van der Waals surface area contributed by atoms with Crippen molar-refractivity contribution in [1.82, 2.24) is 20.9 Å². The Morgan fingerprint density at radius 2 is 1.45 bits per heavy atom. The van der Waals surface area contributed by atoms with E-state index in [1.54, 1.807) is 30.5 Å². The molecule has 5 unspecified atom stereocenters. The summed E-state index contributed by atoms with van der Waals surface area (Å²) >= 11 is 0. The first kappa shape index (κ1) is 30.3. The van der Waals surface area contributed by atoms with Crippen molar-refractivity contribution >= 4 is 34.6 Å². The standard InChI is InChI=1S/C29H37N5O6/c1-3-17(2)25(30)28(38)32-22(13-18-9-5-4-6-10-18)26(36)34-24(16-35)27(37)33-23(29(39)40)14-19-15-31-21-12-8-7-11-20(19)21/h4-12,15,17,22-25,31,35H,3,13-14,16,30H2,1-2H3,(H,32,38)(H,33,37)(H,34,36)(H,39,40). The van der Waals surface area contributed by atoms with Crippen LogP contribution in [0.5, 0.6) is 0 Å². The van der Waals surface area contributed by atoms with E-state index in [2.05, 4.69) is 20.9 Å². The molecule has 1 aromatic heterocycles. The van der Waals surface area contributed by atoms with Crippen LogP contribution in [-0.4, -0.2) is 69.7 Å². The lowest BCUT2D eigenvalue weighted by atomic mass is 9.98. The molecular weight excluding hydrogens is 514 g/mol. The minimum Gasteiger partial charge on any atom is -0.480 e. The number of nitrogens with two attached hydrogens (primary N) is 1. The Kier molecular flexibility index (Phi) is 10.8. The maximum atomic E-state index is 13.3. The Bertz CT molecular complexity index is 1310. The molecule has 5 atom stereocenters. The Morgan fingerprint density at radius 1 is 0.850 bits per heavy atom. The van der Waals surface area contributed by atoms with Gasteiger partial charge in [0.1, 0.15) is 18.1 Å². The highest BCUT2D eigenvalue weighted by molar-refractivity contribution is 5.94. The molecule has 0 aliphatic rings. The number of hydrogen-bond acceptors (Lipinski definition) is 6. The van der Waals surface area contributed by atoms with Gasteiger partial charge >= 0.3 is 5.97 Å². The van der Waals surface area contributed by atoms with Gasteiger partial charge in [0.15, 0.2) is 0 Å². The number of aromatic nitrogens is 1. The lowest BCUT2D eigenvalue weighted by Gasteiger charge is -2.25. The molecule has 1 heterocycles. The number of carboxylic acids is 1. The molecule has 3 amide bonds. The van der Waals surface area contributed by atoms with Crippen molar-refractivity contribution in [3.05, 3.63) is 71.9 Å². The Labute approximate surface area is 232 Å². The number of aliphatic hydroxyl groups is 1. The normalized spacial score (nSPS) is 14.9. The summed E-state index contributed by atoms with van der Waals surface area (Å²) in [5.41, 5.74) is 8.33. The smallest absolute Gasteiger partial charge is 0.326 e. The lowest BCUT2D eigenvalue weighted by Crippen LogP contribution is -2.59. The molecule has 0 saturated carbocycles. The Balaban J connectivity index is 1.72. The van der Waals surface area contributed by atoms with Gasteiger partial charge in [-0.05, 0) is 23.1 Å². The van der Waals surface area contributed by atoms with Crippen LogP contribution in [0.3, 0.4) is 0 Å². The van der Waals surface area contributed by atoms with E-state index in [1.165, 1.54) is 0 Å². The van der Waals surface area contributed by atoms with E-state index >= 15 is 0 Å². The summed E-state index contributed by atoms with van der Waals surface area (Å²) in [6, 6.07) is 11.7. The molecule has 40 heavy (non-hydrogen) atoms. The molecule has 8 N–H and O–H groups in total. The number of hydrogen-bond donors (Lipinski definition) is 7. The summed E-state index contributed by atoms with van der Waals surface area (Å²) in [5.74, 6) is -3.49. The molecule has 0 saturated heterocycles. The van der Waals surface area contributed by atoms with Crippen molar-refractivity contribution in [3.8, 4) is 0 Å². The minimum absolute atomic E-state index is 0.0165. The van der Waals surface area contributed by atoms with Gasteiger partial charge in [0.05, 0.1) is 12.6 Å². The molecule has 0 bridgehead atoms.